The van der Waals surface area contributed by atoms with Crippen molar-refractivity contribution in [1.29, 1.82) is 5.26 Å². The van der Waals surface area contributed by atoms with Crippen molar-refractivity contribution in [2.24, 2.45) is 0 Å². The normalized spacial score (nSPS) is 15.0. The standard InChI is InChI=1S/C19H24N6/c1-3-23(2)18-7-8-21-19(22-18)25-11-9-24(10-12-25)15-17-6-4-5-16(13-17)14-20/h4-8,13H,3,9-12,15H2,1-2H3. The first-order chi connectivity index (χ1) is 12.2. The highest BCUT2D eigenvalue weighted by molar-refractivity contribution is 5.43. The Morgan fingerprint density at radius 1 is 1.20 bits per heavy atom. The van der Waals surface area contributed by atoms with Crippen LogP contribution in [0.15, 0.2) is 36.5 Å². The highest BCUT2D eigenvalue weighted by atomic mass is 15.3. The summed E-state index contributed by atoms with van der Waals surface area (Å²) in [6.07, 6.45) is 1.84. The van der Waals surface area contributed by atoms with Crippen molar-refractivity contribution in [3.05, 3.63) is 47.7 Å². The molecule has 0 saturated carbocycles. The van der Waals surface area contributed by atoms with Crippen LogP contribution in [0.25, 0.3) is 0 Å². The maximum absolute atomic E-state index is 9.02. The van der Waals surface area contributed by atoms with Crippen LogP contribution in [0.4, 0.5) is 11.8 Å². The molecule has 0 aliphatic carbocycles. The van der Waals surface area contributed by atoms with Crippen LogP contribution < -0.4 is 9.80 Å². The van der Waals surface area contributed by atoms with Gasteiger partial charge in [0.05, 0.1) is 11.6 Å². The third-order valence-corrected chi connectivity index (χ3v) is 4.61. The van der Waals surface area contributed by atoms with Crippen molar-refractivity contribution < 1.29 is 0 Å². The summed E-state index contributed by atoms with van der Waals surface area (Å²) < 4.78 is 0. The highest BCUT2D eigenvalue weighted by Gasteiger charge is 2.19. The Balaban J connectivity index is 1.59. The number of aromatic nitrogens is 2. The lowest BCUT2D eigenvalue weighted by molar-refractivity contribution is 0.248. The lowest BCUT2D eigenvalue weighted by atomic mass is 10.1. The molecule has 6 heteroatoms. The van der Waals surface area contributed by atoms with Crippen LogP contribution >= 0.6 is 0 Å². The summed E-state index contributed by atoms with van der Waals surface area (Å²) in [6.45, 7) is 7.67. The molecule has 1 aromatic carbocycles. The zero-order chi connectivity index (χ0) is 17.6. The second kappa shape index (κ2) is 7.95. The van der Waals surface area contributed by atoms with Crippen molar-refractivity contribution in [2.45, 2.75) is 13.5 Å². The van der Waals surface area contributed by atoms with E-state index in [1.807, 2.05) is 37.5 Å². The first kappa shape index (κ1) is 17.2. The highest BCUT2D eigenvalue weighted by Crippen LogP contribution is 2.17. The van der Waals surface area contributed by atoms with Gasteiger partial charge < -0.3 is 9.80 Å². The van der Waals surface area contributed by atoms with E-state index in [-0.39, 0.29) is 0 Å². The Hall–Kier alpha value is -2.65. The van der Waals surface area contributed by atoms with Gasteiger partial charge in [-0.1, -0.05) is 12.1 Å². The molecule has 3 rings (SSSR count). The van der Waals surface area contributed by atoms with Crippen molar-refractivity contribution in [1.82, 2.24) is 14.9 Å². The van der Waals surface area contributed by atoms with Gasteiger partial charge in [-0.3, -0.25) is 4.90 Å². The van der Waals surface area contributed by atoms with Gasteiger partial charge in [-0.2, -0.15) is 10.2 Å². The molecule has 2 heterocycles. The van der Waals surface area contributed by atoms with Gasteiger partial charge in [0.1, 0.15) is 5.82 Å². The van der Waals surface area contributed by atoms with E-state index in [1.54, 1.807) is 0 Å². The second-order valence-electron chi connectivity index (χ2n) is 6.30. The van der Waals surface area contributed by atoms with E-state index in [9.17, 15) is 0 Å². The van der Waals surface area contributed by atoms with Gasteiger partial charge in [0.25, 0.3) is 0 Å². The molecule has 2 aromatic rings. The smallest absolute Gasteiger partial charge is 0.227 e. The number of nitriles is 1. The number of nitrogens with zero attached hydrogens (tertiary/aromatic N) is 6. The van der Waals surface area contributed by atoms with E-state index >= 15 is 0 Å². The summed E-state index contributed by atoms with van der Waals surface area (Å²) in [5.74, 6) is 1.77. The van der Waals surface area contributed by atoms with E-state index in [4.69, 9.17) is 5.26 Å². The minimum absolute atomic E-state index is 0.724. The van der Waals surface area contributed by atoms with Crippen LogP contribution in [0.2, 0.25) is 0 Å². The van der Waals surface area contributed by atoms with Crippen molar-refractivity contribution >= 4 is 11.8 Å². The maximum atomic E-state index is 9.02. The fourth-order valence-corrected chi connectivity index (χ4v) is 2.97. The Labute approximate surface area is 149 Å². The first-order valence-corrected chi connectivity index (χ1v) is 8.70. The van der Waals surface area contributed by atoms with Gasteiger partial charge in [-0.25, -0.2) is 4.98 Å². The summed E-state index contributed by atoms with van der Waals surface area (Å²) in [7, 11) is 2.04. The van der Waals surface area contributed by atoms with Crippen LogP contribution in [0.5, 0.6) is 0 Å². The predicted octanol–water partition coefficient (Wildman–Crippen LogP) is 2.13. The molecule has 1 aromatic heterocycles. The molecule has 1 fully saturated rings. The van der Waals surface area contributed by atoms with Gasteiger partial charge in [-0.05, 0) is 30.7 Å². The molecule has 0 unspecified atom stereocenters. The molecule has 0 radical (unpaired) electrons. The largest absolute Gasteiger partial charge is 0.360 e. The summed E-state index contributed by atoms with van der Waals surface area (Å²) >= 11 is 0. The topological polar surface area (TPSA) is 59.3 Å². The molecule has 1 saturated heterocycles. The summed E-state index contributed by atoms with van der Waals surface area (Å²) in [5.41, 5.74) is 1.91. The predicted molar refractivity (Wildman–Crippen MR) is 99.6 cm³/mol. The number of benzene rings is 1. The average Bonchev–Trinajstić information content (AvgIpc) is 2.68. The number of piperazine rings is 1. The van der Waals surface area contributed by atoms with Gasteiger partial charge in [0.15, 0.2) is 0 Å². The monoisotopic (exact) mass is 336 g/mol. The number of rotatable bonds is 5. The Morgan fingerprint density at radius 3 is 2.72 bits per heavy atom. The van der Waals surface area contributed by atoms with Gasteiger partial charge >= 0.3 is 0 Å². The van der Waals surface area contributed by atoms with Crippen LogP contribution in [0, 0.1) is 11.3 Å². The van der Waals surface area contributed by atoms with Crippen LogP contribution in [-0.2, 0) is 6.54 Å². The van der Waals surface area contributed by atoms with Crippen molar-refractivity contribution in [2.75, 3.05) is 49.6 Å². The molecular weight excluding hydrogens is 312 g/mol. The minimum atomic E-state index is 0.724. The Morgan fingerprint density at radius 2 is 2.00 bits per heavy atom. The number of hydrogen-bond acceptors (Lipinski definition) is 6. The molecule has 0 atom stereocenters. The second-order valence-corrected chi connectivity index (χ2v) is 6.30. The fraction of sp³-hybridized carbons (Fsp3) is 0.421. The average molecular weight is 336 g/mol. The van der Waals surface area contributed by atoms with E-state index in [0.717, 1.165) is 56.6 Å². The molecule has 0 N–H and O–H groups in total. The number of anilines is 2. The first-order valence-electron chi connectivity index (χ1n) is 8.70. The fourth-order valence-electron chi connectivity index (χ4n) is 2.97. The summed E-state index contributed by atoms with van der Waals surface area (Å²) in [6, 6.07) is 12.0. The molecule has 1 aliphatic rings. The summed E-state index contributed by atoms with van der Waals surface area (Å²) in [4.78, 5) is 15.9. The quantitative estimate of drug-likeness (QED) is 0.834. The third kappa shape index (κ3) is 4.25. The molecule has 0 spiro atoms. The van der Waals surface area contributed by atoms with E-state index in [1.165, 1.54) is 5.56 Å². The van der Waals surface area contributed by atoms with Crippen LogP contribution in [0.3, 0.4) is 0 Å². The molecule has 0 amide bonds. The Kier molecular flexibility index (Phi) is 5.46. The molecular formula is C19H24N6. The molecule has 0 bridgehead atoms. The zero-order valence-electron chi connectivity index (χ0n) is 14.9. The van der Waals surface area contributed by atoms with E-state index < -0.39 is 0 Å². The SMILES string of the molecule is CCN(C)c1ccnc(N2CCN(Cc3cccc(C#N)c3)CC2)n1. The van der Waals surface area contributed by atoms with Gasteiger partial charge in [0.2, 0.25) is 5.95 Å². The van der Waals surface area contributed by atoms with Crippen molar-refractivity contribution in [3.8, 4) is 6.07 Å². The number of hydrogen-bond donors (Lipinski definition) is 0. The third-order valence-electron chi connectivity index (χ3n) is 4.61. The van der Waals surface area contributed by atoms with Crippen LogP contribution in [-0.4, -0.2) is 54.6 Å². The minimum Gasteiger partial charge on any atom is -0.360 e. The van der Waals surface area contributed by atoms with E-state index in [2.05, 4.69) is 43.7 Å². The van der Waals surface area contributed by atoms with Crippen LogP contribution in [0.1, 0.15) is 18.1 Å². The van der Waals surface area contributed by atoms with Gasteiger partial charge in [-0.15, -0.1) is 0 Å². The summed E-state index contributed by atoms with van der Waals surface area (Å²) in [5, 5.41) is 9.02. The lowest BCUT2D eigenvalue weighted by Crippen LogP contribution is -2.46. The van der Waals surface area contributed by atoms with Gasteiger partial charge in [0, 0.05) is 52.5 Å². The van der Waals surface area contributed by atoms with Crippen molar-refractivity contribution in [3.63, 3.8) is 0 Å². The Bertz CT molecular complexity index is 746. The molecule has 130 valence electrons. The van der Waals surface area contributed by atoms with E-state index in [0.29, 0.717) is 0 Å². The molecule has 1 aliphatic heterocycles. The lowest BCUT2D eigenvalue weighted by Gasteiger charge is -2.35. The molecule has 6 nitrogen and oxygen atoms in total. The zero-order valence-corrected chi connectivity index (χ0v) is 14.9. The maximum Gasteiger partial charge on any atom is 0.227 e. The molecule has 25 heavy (non-hydrogen) atoms.